The second kappa shape index (κ2) is 5.30. The average molecular weight is 266 g/mol. The Hall–Kier alpha value is -1.40. The number of carbonyl (C=O) groups is 1. The topological polar surface area (TPSA) is 82.2 Å². The Morgan fingerprint density at radius 1 is 1.47 bits per heavy atom. The lowest BCUT2D eigenvalue weighted by Crippen LogP contribution is -2.56. The summed E-state index contributed by atoms with van der Waals surface area (Å²) < 4.78 is 7.07. The summed E-state index contributed by atoms with van der Waals surface area (Å²) in [6.07, 6.45) is 1.15. The van der Waals surface area contributed by atoms with E-state index in [9.17, 15) is 4.79 Å². The van der Waals surface area contributed by atoms with Gasteiger partial charge < -0.3 is 15.8 Å². The van der Waals surface area contributed by atoms with E-state index in [1.54, 1.807) is 0 Å². The van der Waals surface area contributed by atoms with E-state index in [1.807, 2.05) is 25.6 Å². The Labute approximate surface area is 113 Å². The normalized spacial score (nSPS) is 18.3. The maximum atomic E-state index is 12.2. The largest absolute Gasteiger partial charge is 0.381 e. The van der Waals surface area contributed by atoms with E-state index in [2.05, 4.69) is 10.4 Å². The van der Waals surface area contributed by atoms with Crippen LogP contribution >= 0.6 is 0 Å². The third-order valence-corrected chi connectivity index (χ3v) is 3.92. The van der Waals surface area contributed by atoms with Gasteiger partial charge in [0.15, 0.2) is 0 Å². The highest BCUT2D eigenvalue weighted by Crippen LogP contribution is 2.18. The fourth-order valence-electron chi connectivity index (χ4n) is 2.38. The first-order chi connectivity index (χ1) is 8.94. The second-order valence-corrected chi connectivity index (χ2v) is 5.22. The highest BCUT2D eigenvalue weighted by molar-refractivity contribution is 5.86. The third kappa shape index (κ3) is 2.79. The van der Waals surface area contributed by atoms with Crippen molar-refractivity contribution < 1.29 is 9.53 Å². The molecule has 0 saturated carbocycles. The predicted molar refractivity (Wildman–Crippen MR) is 71.5 cm³/mol. The van der Waals surface area contributed by atoms with E-state index in [1.165, 1.54) is 0 Å². The molecule has 1 aromatic heterocycles. The molecule has 1 saturated heterocycles. The smallest absolute Gasteiger partial charge is 0.240 e. The van der Waals surface area contributed by atoms with Crippen molar-refractivity contribution >= 4 is 5.91 Å². The lowest BCUT2D eigenvalue weighted by Gasteiger charge is -2.31. The number of carbonyl (C=O) groups excluding carboxylic acids is 1. The van der Waals surface area contributed by atoms with Crippen LogP contribution < -0.4 is 11.1 Å². The highest BCUT2D eigenvalue weighted by Gasteiger charge is 2.35. The van der Waals surface area contributed by atoms with E-state index >= 15 is 0 Å². The molecule has 6 nitrogen and oxygen atoms in total. The molecule has 1 aromatic rings. The summed E-state index contributed by atoms with van der Waals surface area (Å²) in [5.41, 5.74) is 8.42. The Morgan fingerprint density at radius 2 is 2.11 bits per heavy atom. The van der Waals surface area contributed by atoms with E-state index < -0.39 is 5.54 Å². The van der Waals surface area contributed by atoms with Crippen LogP contribution in [0.2, 0.25) is 0 Å². The Morgan fingerprint density at radius 3 is 2.63 bits per heavy atom. The van der Waals surface area contributed by atoms with Gasteiger partial charge in [-0.05, 0) is 26.7 Å². The molecule has 1 aliphatic rings. The minimum Gasteiger partial charge on any atom is -0.381 e. The number of hydrogen-bond donors (Lipinski definition) is 2. The zero-order chi connectivity index (χ0) is 14.0. The van der Waals surface area contributed by atoms with Crippen molar-refractivity contribution in [3.63, 3.8) is 0 Å². The van der Waals surface area contributed by atoms with Crippen LogP contribution in [0.1, 0.15) is 29.8 Å². The summed E-state index contributed by atoms with van der Waals surface area (Å²) >= 11 is 0. The summed E-state index contributed by atoms with van der Waals surface area (Å²) in [4.78, 5) is 12.2. The van der Waals surface area contributed by atoms with Crippen molar-refractivity contribution in [2.45, 2.75) is 38.8 Å². The lowest BCUT2D eigenvalue weighted by molar-refractivity contribution is -0.129. The SMILES string of the molecule is Cc1nn(C)c(C)c1CNC(=O)C1(N)CCOCC1. The third-order valence-electron chi connectivity index (χ3n) is 3.92. The Balaban J connectivity index is 2.00. The number of amides is 1. The molecule has 0 aromatic carbocycles. The molecular formula is C13H22N4O2. The number of ether oxygens (including phenoxy) is 1. The minimum absolute atomic E-state index is 0.0987. The maximum absolute atomic E-state index is 12.2. The first kappa shape index (κ1) is 14.0. The zero-order valence-electron chi connectivity index (χ0n) is 11.8. The number of hydrogen-bond acceptors (Lipinski definition) is 4. The van der Waals surface area contributed by atoms with E-state index in [-0.39, 0.29) is 5.91 Å². The summed E-state index contributed by atoms with van der Waals surface area (Å²) in [5.74, 6) is -0.0987. The van der Waals surface area contributed by atoms with Crippen LogP contribution in [0.5, 0.6) is 0 Å². The molecule has 0 spiro atoms. The fourth-order valence-corrected chi connectivity index (χ4v) is 2.38. The van der Waals surface area contributed by atoms with Crippen molar-refractivity contribution in [3.8, 4) is 0 Å². The van der Waals surface area contributed by atoms with Gasteiger partial charge in [0.25, 0.3) is 0 Å². The van der Waals surface area contributed by atoms with Gasteiger partial charge in [0.2, 0.25) is 5.91 Å². The van der Waals surface area contributed by atoms with Gasteiger partial charge in [0.05, 0.1) is 11.2 Å². The van der Waals surface area contributed by atoms with Crippen LogP contribution in [-0.4, -0.2) is 34.4 Å². The summed E-state index contributed by atoms with van der Waals surface area (Å²) in [5, 5.41) is 7.26. The van der Waals surface area contributed by atoms with Gasteiger partial charge in [-0.25, -0.2) is 0 Å². The first-order valence-electron chi connectivity index (χ1n) is 6.58. The molecule has 0 radical (unpaired) electrons. The average Bonchev–Trinajstić information content (AvgIpc) is 2.62. The van der Waals surface area contributed by atoms with E-state index in [0.29, 0.717) is 32.6 Å². The van der Waals surface area contributed by atoms with Crippen molar-refractivity contribution in [3.05, 3.63) is 17.0 Å². The lowest BCUT2D eigenvalue weighted by atomic mass is 9.90. The van der Waals surface area contributed by atoms with Crippen molar-refractivity contribution in [1.82, 2.24) is 15.1 Å². The number of aryl methyl sites for hydroxylation is 2. The quantitative estimate of drug-likeness (QED) is 0.816. The van der Waals surface area contributed by atoms with Gasteiger partial charge in [0, 0.05) is 38.1 Å². The molecule has 0 atom stereocenters. The summed E-state index contributed by atoms with van der Waals surface area (Å²) in [6.45, 7) is 5.52. The molecule has 2 rings (SSSR count). The highest BCUT2D eigenvalue weighted by atomic mass is 16.5. The molecule has 1 fully saturated rings. The zero-order valence-corrected chi connectivity index (χ0v) is 11.8. The molecule has 6 heteroatoms. The molecule has 1 amide bonds. The maximum Gasteiger partial charge on any atom is 0.240 e. The number of nitrogens with zero attached hydrogens (tertiary/aromatic N) is 2. The van der Waals surface area contributed by atoms with Crippen molar-refractivity contribution in [2.24, 2.45) is 12.8 Å². The number of nitrogens with two attached hydrogens (primary N) is 1. The van der Waals surface area contributed by atoms with Crippen LogP contribution in [0.25, 0.3) is 0 Å². The van der Waals surface area contributed by atoms with Gasteiger partial charge in [-0.2, -0.15) is 5.10 Å². The molecule has 2 heterocycles. The molecular weight excluding hydrogens is 244 g/mol. The Bertz CT molecular complexity index is 475. The van der Waals surface area contributed by atoms with E-state index in [4.69, 9.17) is 10.5 Å². The number of aromatic nitrogens is 2. The molecule has 1 aliphatic heterocycles. The summed E-state index contributed by atoms with van der Waals surface area (Å²) in [6, 6.07) is 0. The van der Waals surface area contributed by atoms with Crippen LogP contribution in [0.3, 0.4) is 0 Å². The van der Waals surface area contributed by atoms with Gasteiger partial charge in [-0.1, -0.05) is 0 Å². The molecule has 0 bridgehead atoms. The minimum atomic E-state index is -0.789. The van der Waals surface area contributed by atoms with Crippen LogP contribution in [0.15, 0.2) is 0 Å². The molecule has 106 valence electrons. The molecule has 0 aliphatic carbocycles. The van der Waals surface area contributed by atoms with Crippen molar-refractivity contribution in [2.75, 3.05) is 13.2 Å². The predicted octanol–water partition coefficient (Wildman–Crippen LogP) is 0.161. The van der Waals surface area contributed by atoms with Gasteiger partial charge in [-0.3, -0.25) is 9.48 Å². The van der Waals surface area contributed by atoms with Crippen molar-refractivity contribution in [1.29, 1.82) is 0 Å². The molecule has 0 unspecified atom stereocenters. The van der Waals surface area contributed by atoms with Crippen LogP contribution in [-0.2, 0) is 23.1 Å². The standard InChI is InChI=1S/C13H22N4O2/c1-9-11(10(2)17(3)16-9)8-15-12(18)13(14)4-6-19-7-5-13/h4-8,14H2,1-3H3,(H,15,18). The number of nitrogens with one attached hydrogen (secondary N) is 1. The monoisotopic (exact) mass is 266 g/mol. The first-order valence-corrected chi connectivity index (χ1v) is 6.58. The molecule has 3 N–H and O–H groups in total. The van der Waals surface area contributed by atoms with Gasteiger partial charge in [0.1, 0.15) is 0 Å². The number of rotatable bonds is 3. The van der Waals surface area contributed by atoms with Gasteiger partial charge in [-0.15, -0.1) is 0 Å². The second-order valence-electron chi connectivity index (χ2n) is 5.22. The van der Waals surface area contributed by atoms with Crippen LogP contribution in [0.4, 0.5) is 0 Å². The summed E-state index contributed by atoms with van der Waals surface area (Å²) in [7, 11) is 1.90. The van der Waals surface area contributed by atoms with Crippen LogP contribution in [0, 0.1) is 13.8 Å². The van der Waals surface area contributed by atoms with Gasteiger partial charge >= 0.3 is 0 Å². The Kier molecular flexibility index (Phi) is 3.91. The van der Waals surface area contributed by atoms with E-state index in [0.717, 1.165) is 17.0 Å². The fraction of sp³-hybridized carbons (Fsp3) is 0.692. The molecule has 19 heavy (non-hydrogen) atoms.